The maximum Gasteiger partial charge on any atom is 0.239 e. The van der Waals surface area contributed by atoms with Crippen LogP contribution in [0.3, 0.4) is 0 Å². The number of hydrogen-bond donors (Lipinski definition) is 2. The molecule has 1 fully saturated rings. The Morgan fingerprint density at radius 1 is 1.42 bits per heavy atom. The highest BCUT2D eigenvalue weighted by molar-refractivity contribution is 7.13. The third-order valence-electron chi connectivity index (χ3n) is 3.77. The zero-order chi connectivity index (χ0) is 17.1. The fourth-order valence-electron chi connectivity index (χ4n) is 2.70. The van der Waals surface area contributed by atoms with Gasteiger partial charge >= 0.3 is 0 Å². The van der Waals surface area contributed by atoms with Crippen molar-refractivity contribution in [1.29, 1.82) is 0 Å². The van der Waals surface area contributed by atoms with Crippen LogP contribution in [-0.2, 0) is 9.59 Å². The summed E-state index contributed by atoms with van der Waals surface area (Å²) >= 11 is 1.39. The average molecular weight is 350 g/mol. The van der Waals surface area contributed by atoms with Gasteiger partial charge in [-0.2, -0.15) is 0 Å². The lowest BCUT2D eigenvalue weighted by Gasteiger charge is -2.22. The summed E-state index contributed by atoms with van der Waals surface area (Å²) in [5, 5.41) is 15.2. The smallest absolute Gasteiger partial charge is 0.239 e. The van der Waals surface area contributed by atoms with Crippen LogP contribution in [0.1, 0.15) is 37.2 Å². The van der Waals surface area contributed by atoms with Gasteiger partial charge in [-0.05, 0) is 31.5 Å². The number of amides is 2. The molecule has 3 rings (SSSR count). The van der Waals surface area contributed by atoms with Crippen LogP contribution in [0.4, 0.5) is 10.9 Å². The number of carbonyl (C=O) groups excluding carboxylic acids is 2. The van der Waals surface area contributed by atoms with Crippen LogP contribution in [0.25, 0.3) is 0 Å². The highest BCUT2D eigenvalue weighted by Crippen LogP contribution is 2.33. The Kier molecular flexibility index (Phi) is 4.86. The van der Waals surface area contributed by atoms with Gasteiger partial charge in [0.05, 0.1) is 18.3 Å². The first-order valence-electron chi connectivity index (χ1n) is 7.59. The van der Waals surface area contributed by atoms with Crippen molar-refractivity contribution in [2.75, 3.05) is 23.7 Å². The summed E-state index contributed by atoms with van der Waals surface area (Å²) in [7, 11) is 0. The maximum absolute atomic E-state index is 12.2. The van der Waals surface area contributed by atoms with Crippen molar-refractivity contribution >= 4 is 34.1 Å². The summed E-state index contributed by atoms with van der Waals surface area (Å²) in [6, 6.07) is 0.0750. The molecular formula is C14H18N6O3S. The molecule has 0 radical (unpaired) electrons. The number of nitrogens with one attached hydrogen (secondary N) is 2. The number of likely N-dealkylation sites (tertiary alicyclic amines) is 1. The van der Waals surface area contributed by atoms with E-state index in [4.69, 9.17) is 0 Å². The number of hydrogen-bond acceptors (Lipinski definition) is 8. The van der Waals surface area contributed by atoms with Crippen molar-refractivity contribution in [3.63, 3.8) is 0 Å². The second kappa shape index (κ2) is 7.05. The second-order valence-electron chi connectivity index (χ2n) is 5.63. The fraction of sp³-hybridized carbons (Fsp3) is 0.500. The van der Waals surface area contributed by atoms with E-state index in [2.05, 4.69) is 35.5 Å². The van der Waals surface area contributed by atoms with Crippen LogP contribution in [-0.4, -0.2) is 45.1 Å². The van der Waals surface area contributed by atoms with Crippen molar-refractivity contribution in [1.82, 2.24) is 20.2 Å². The topological polar surface area (TPSA) is 113 Å². The molecule has 2 aromatic heterocycles. The molecule has 1 saturated heterocycles. The Bertz CT molecular complexity index is 742. The van der Waals surface area contributed by atoms with Gasteiger partial charge in [0, 0.05) is 12.3 Å². The van der Waals surface area contributed by atoms with Crippen LogP contribution < -0.4 is 10.6 Å². The Morgan fingerprint density at radius 2 is 2.25 bits per heavy atom. The van der Waals surface area contributed by atoms with E-state index in [0.29, 0.717) is 16.6 Å². The van der Waals surface area contributed by atoms with Crippen LogP contribution >= 0.6 is 11.3 Å². The molecule has 0 bridgehead atoms. The van der Waals surface area contributed by atoms with E-state index in [1.54, 1.807) is 6.92 Å². The third-order valence-corrected chi connectivity index (χ3v) is 4.54. The molecule has 10 heteroatoms. The first-order valence-corrected chi connectivity index (χ1v) is 8.47. The molecule has 0 aromatic carbocycles. The van der Waals surface area contributed by atoms with Crippen molar-refractivity contribution in [3.8, 4) is 0 Å². The van der Waals surface area contributed by atoms with Gasteiger partial charge < -0.3 is 10.6 Å². The van der Waals surface area contributed by atoms with E-state index in [0.717, 1.165) is 25.1 Å². The Balaban J connectivity index is 1.62. The summed E-state index contributed by atoms with van der Waals surface area (Å²) in [6.07, 6.45) is 1.93. The molecule has 128 valence electrons. The van der Waals surface area contributed by atoms with Crippen molar-refractivity contribution in [3.05, 3.63) is 16.8 Å². The van der Waals surface area contributed by atoms with E-state index in [-0.39, 0.29) is 24.4 Å². The number of rotatable bonds is 5. The van der Waals surface area contributed by atoms with Crippen molar-refractivity contribution in [2.24, 2.45) is 0 Å². The SMILES string of the molecule is CC(=O)Nc1nc([C@H]2CCCN2CC(=O)Nc2nonc2C)cs1. The van der Waals surface area contributed by atoms with Crippen molar-refractivity contribution < 1.29 is 14.2 Å². The van der Waals surface area contributed by atoms with Crippen molar-refractivity contribution in [2.45, 2.75) is 32.7 Å². The van der Waals surface area contributed by atoms with Gasteiger partial charge in [0.15, 0.2) is 10.9 Å². The quantitative estimate of drug-likeness (QED) is 0.841. The number of aromatic nitrogens is 3. The van der Waals surface area contributed by atoms with Gasteiger partial charge in [0.2, 0.25) is 11.8 Å². The lowest BCUT2D eigenvalue weighted by atomic mass is 10.2. The van der Waals surface area contributed by atoms with Gasteiger partial charge in [0.1, 0.15) is 5.69 Å². The summed E-state index contributed by atoms with van der Waals surface area (Å²) in [5.41, 5.74) is 1.43. The Labute approximate surface area is 142 Å². The molecule has 1 aliphatic heterocycles. The summed E-state index contributed by atoms with van der Waals surface area (Å²) in [4.78, 5) is 29.8. The molecule has 3 heterocycles. The molecule has 0 spiro atoms. The molecule has 0 aliphatic carbocycles. The highest BCUT2D eigenvalue weighted by atomic mass is 32.1. The Morgan fingerprint density at radius 3 is 2.96 bits per heavy atom. The normalized spacial score (nSPS) is 17.8. The minimum absolute atomic E-state index is 0.0750. The summed E-state index contributed by atoms with van der Waals surface area (Å²) in [6.45, 7) is 4.22. The zero-order valence-corrected chi connectivity index (χ0v) is 14.2. The van der Waals surface area contributed by atoms with Gasteiger partial charge in [0.25, 0.3) is 0 Å². The molecule has 9 nitrogen and oxygen atoms in total. The molecule has 0 saturated carbocycles. The standard InChI is InChI=1S/C14H18N6O3S/c1-8-13(19-23-18-8)17-12(22)6-20-5-3-4-11(20)10-7-24-14(16-10)15-9(2)21/h7,11H,3-6H2,1-2H3,(H,15,16,21)(H,17,19,22)/t11-/m1/s1. The highest BCUT2D eigenvalue weighted by Gasteiger charge is 2.29. The molecular weight excluding hydrogens is 332 g/mol. The van der Waals surface area contributed by atoms with Crippen LogP contribution in [0, 0.1) is 6.92 Å². The van der Waals surface area contributed by atoms with Crippen LogP contribution in [0.15, 0.2) is 10.0 Å². The first-order chi connectivity index (χ1) is 11.5. The predicted octanol–water partition coefficient (Wildman–Crippen LogP) is 1.57. The minimum atomic E-state index is -0.169. The van der Waals surface area contributed by atoms with Gasteiger partial charge in [-0.1, -0.05) is 5.16 Å². The monoisotopic (exact) mass is 350 g/mol. The van der Waals surface area contributed by atoms with E-state index < -0.39 is 0 Å². The fourth-order valence-corrected chi connectivity index (χ4v) is 3.50. The van der Waals surface area contributed by atoms with E-state index in [1.165, 1.54) is 18.3 Å². The molecule has 24 heavy (non-hydrogen) atoms. The van der Waals surface area contributed by atoms with E-state index in [1.807, 2.05) is 5.38 Å². The van der Waals surface area contributed by atoms with Gasteiger partial charge in [-0.15, -0.1) is 11.3 Å². The van der Waals surface area contributed by atoms with Crippen LogP contribution in [0.2, 0.25) is 0 Å². The summed E-state index contributed by atoms with van der Waals surface area (Å²) < 4.78 is 4.57. The first kappa shape index (κ1) is 16.5. The third kappa shape index (κ3) is 3.77. The summed E-state index contributed by atoms with van der Waals surface area (Å²) in [5.74, 6) is 0.0329. The molecule has 0 unspecified atom stereocenters. The lowest BCUT2D eigenvalue weighted by molar-refractivity contribution is -0.117. The molecule has 2 N–H and O–H groups in total. The molecule has 1 aliphatic rings. The lowest BCUT2D eigenvalue weighted by Crippen LogP contribution is -2.33. The van der Waals surface area contributed by atoms with E-state index in [9.17, 15) is 9.59 Å². The molecule has 2 amide bonds. The van der Waals surface area contributed by atoms with E-state index >= 15 is 0 Å². The number of nitrogens with zero attached hydrogens (tertiary/aromatic N) is 4. The Hall–Kier alpha value is -2.33. The largest absolute Gasteiger partial charge is 0.305 e. The molecule has 2 aromatic rings. The number of thiazole rings is 1. The zero-order valence-electron chi connectivity index (χ0n) is 13.4. The van der Waals surface area contributed by atoms with Gasteiger partial charge in [-0.25, -0.2) is 9.61 Å². The number of aryl methyl sites for hydroxylation is 1. The number of anilines is 2. The maximum atomic E-state index is 12.2. The average Bonchev–Trinajstić information content (AvgIpc) is 3.21. The minimum Gasteiger partial charge on any atom is -0.305 e. The second-order valence-corrected chi connectivity index (χ2v) is 6.49. The van der Waals surface area contributed by atoms with Crippen LogP contribution in [0.5, 0.6) is 0 Å². The van der Waals surface area contributed by atoms with Gasteiger partial charge in [-0.3, -0.25) is 14.5 Å². The number of carbonyl (C=O) groups is 2. The molecule has 1 atom stereocenters. The predicted molar refractivity (Wildman–Crippen MR) is 87.6 cm³/mol.